The van der Waals surface area contributed by atoms with E-state index in [-0.39, 0.29) is 5.78 Å². The maximum Gasteiger partial charge on any atom is 0.195 e. The Balaban J connectivity index is 1.66. The van der Waals surface area contributed by atoms with Crippen molar-refractivity contribution in [1.29, 1.82) is 0 Å². The molecule has 0 bridgehead atoms. The highest BCUT2D eigenvalue weighted by Crippen LogP contribution is 2.30. The monoisotopic (exact) mass is 406 g/mol. The lowest BCUT2D eigenvalue weighted by atomic mass is 10.00. The van der Waals surface area contributed by atoms with E-state index in [1.54, 1.807) is 37.7 Å². The lowest BCUT2D eigenvalue weighted by molar-refractivity contribution is 0.104. The van der Waals surface area contributed by atoms with Gasteiger partial charge in [-0.05, 0) is 61.0 Å². The minimum Gasteiger partial charge on any atom is -0.497 e. The minimum absolute atomic E-state index is 0.0642. The van der Waals surface area contributed by atoms with Crippen LogP contribution >= 0.6 is 0 Å². The van der Waals surface area contributed by atoms with Crippen LogP contribution in [0.1, 0.15) is 21.5 Å². The van der Waals surface area contributed by atoms with Gasteiger partial charge in [0, 0.05) is 18.0 Å². The SMILES string of the molecule is COc1ccc(C(=O)c2cc(C)cc3c2nc2c4c(cn5ccccc45)ncn32)cc1. The van der Waals surface area contributed by atoms with Crippen LogP contribution in [0.3, 0.4) is 0 Å². The number of aryl methyl sites for hydroxylation is 1. The molecular formula is C25H18N4O2. The molecule has 0 aliphatic heterocycles. The second kappa shape index (κ2) is 6.40. The van der Waals surface area contributed by atoms with Gasteiger partial charge >= 0.3 is 0 Å². The Morgan fingerprint density at radius 1 is 1.03 bits per heavy atom. The summed E-state index contributed by atoms with van der Waals surface area (Å²) in [4.78, 5) is 23.0. The molecule has 4 aromatic heterocycles. The van der Waals surface area contributed by atoms with E-state index < -0.39 is 0 Å². The summed E-state index contributed by atoms with van der Waals surface area (Å²) in [5, 5.41) is 0.972. The van der Waals surface area contributed by atoms with Gasteiger partial charge in [-0.1, -0.05) is 6.07 Å². The first-order valence-corrected chi connectivity index (χ1v) is 9.99. The van der Waals surface area contributed by atoms with E-state index >= 15 is 0 Å². The van der Waals surface area contributed by atoms with E-state index in [9.17, 15) is 4.79 Å². The Morgan fingerprint density at radius 2 is 1.87 bits per heavy atom. The molecule has 31 heavy (non-hydrogen) atoms. The normalized spacial score (nSPS) is 11.7. The summed E-state index contributed by atoms with van der Waals surface area (Å²) >= 11 is 0. The standard InChI is InChI=1S/C25H18N4O2/c1-15-11-18(24(30)16-6-8-17(31-2)9-7-16)23-21(12-15)29-14-26-19-13-28-10-4-3-5-20(28)22(19)25(29)27-23/h3-14H,1-2H3. The molecule has 0 aliphatic rings. The number of hydrogen-bond acceptors (Lipinski definition) is 4. The topological polar surface area (TPSA) is 60.9 Å². The fourth-order valence-electron chi connectivity index (χ4n) is 4.25. The van der Waals surface area contributed by atoms with Gasteiger partial charge in [-0.2, -0.15) is 0 Å². The molecule has 0 unspecified atom stereocenters. The van der Waals surface area contributed by atoms with Crippen molar-refractivity contribution in [2.24, 2.45) is 0 Å². The fraction of sp³-hybridized carbons (Fsp3) is 0.0800. The van der Waals surface area contributed by atoms with Gasteiger partial charge in [-0.3, -0.25) is 9.20 Å². The molecule has 0 fully saturated rings. The predicted molar refractivity (Wildman–Crippen MR) is 120 cm³/mol. The maximum atomic E-state index is 13.4. The molecule has 0 saturated carbocycles. The van der Waals surface area contributed by atoms with E-state index in [4.69, 9.17) is 9.72 Å². The third-order valence-electron chi connectivity index (χ3n) is 5.74. The predicted octanol–water partition coefficient (Wildman–Crippen LogP) is 4.84. The number of hydrogen-bond donors (Lipinski definition) is 0. The molecular weight excluding hydrogens is 388 g/mol. The Kier molecular flexibility index (Phi) is 3.65. The van der Waals surface area contributed by atoms with E-state index in [2.05, 4.69) is 11.1 Å². The quantitative estimate of drug-likeness (QED) is 0.395. The van der Waals surface area contributed by atoms with E-state index in [0.29, 0.717) is 22.4 Å². The Morgan fingerprint density at radius 3 is 2.68 bits per heavy atom. The largest absolute Gasteiger partial charge is 0.497 e. The first kappa shape index (κ1) is 17.7. The third-order valence-corrected chi connectivity index (χ3v) is 5.74. The van der Waals surface area contributed by atoms with Crippen LogP contribution in [0.2, 0.25) is 0 Å². The summed E-state index contributed by atoms with van der Waals surface area (Å²) in [5.41, 5.74) is 6.42. The van der Waals surface area contributed by atoms with Gasteiger partial charge in [-0.15, -0.1) is 0 Å². The number of aromatic nitrogens is 4. The van der Waals surface area contributed by atoms with Gasteiger partial charge in [0.15, 0.2) is 11.4 Å². The number of fused-ring (bicyclic) bond motifs is 7. The van der Waals surface area contributed by atoms with E-state index in [1.165, 1.54) is 0 Å². The first-order chi connectivity index (χ1) is 15.1. The summed E-state index contributed by atoms with van der Waals surface area (Å²) in [6.07, 6.45) is 5.78. The second-order valence-electron chi connectivity index (χ2n) is 7.67. The zero-order chi connectivity index (χ0) is 21.1. The summed E-state index contributed by atoms with van der Waals surface area (Å²) in [6, 6.07) is 17.2. The highest BCUT2D eigenvalue weighted by atomic mass is 16.5. The molecule has 0 amide bonds. The smallest absolute Gasteiger partial charge is 0.195 e. The number of methoxy groups -OCH3 is 1. The lowest BCUT2D eigenvalue weighted by Crippen LogP contribution is -2.03. The number of carbonyl (C=O) groups is 1. The van der Waals surface area contributed by atoms with Crippen molar-refractivity contribution in [2.75, 3.05) is 7.11 Å². The number of rotatable bonds is 3. The summed E-state index contributed by atoms with van der Waals surface area (Å²) in [7, 11) is 1.61. The van der Waals surface area contributed by atoms with Gasteiger partial charge in [0.1, 0.15) is 17.6 Å². The molecule has 0 aliphatic carbocycles. The molecule has 0 spiro atoms. The zero-order valence-corrected chi connectivity index (χ0v) is 17.0. The number of ether oxygens (including phenoxy) is 1. The first-order valence-electron chi connectivity index (χ1n) is 9.99. The van der Waals surface area contributed by atoms with E-state index in [1.807, 2.05) is 52.4 Å². The Bertz CT molecular complexity index is 1640. The van der Waals surface area contributed by atoms with Gasteiger partial charge in [0.05, 0.1) is 34.6 Å². The number of nitrogens with zero attached hydrogens (tertiary/aromatic N) is 4. The van der Waals surface area contributed by atoms with E-state index in [0.717, 1.165) is 33.1 Å². The van der Waals surface area contributed by atoms with Crippen LogP contribution in [0.4, 0.5) is 0 Å². The molecule has 2 aromatic carbocycles. The van der Waals surface area contributed by atoms with Gasteiger partial charge in [0.2, 0.25) is 0 Å². The molecule has 150 valence electrons. The highest BCUT2D eigenvalue weighted by Gasteiger charge is 2.20. The van der Waals surface area contributed by atoms with Crippen LogP contribution in [0.15, 0.2) is 73.3 Å². The van der Waals surface area contributed by atoms with Crippen molar-refractivity contribution in [3.63, 3.8) is 0 Å². The average molecular weight is 406 g/mol. The molecule has 6 rings (SSSR count). The molecule has 6 heteroatoms. The number of pyridine rings is 1. The molecule has 6 nitrogen and oxygen atoms in total. The highest BCUT2D eigenvalue weighted by molar-refractivity contribution is 6.17. The zero-order valence-electron chi connectivity index (χ0n) is 17.0. The summed E-state index contributed by atoms with van der Waals surface area (Å²) < 4.78 is 9.24. The number of imidazole rings is 1. The molecule has 0 radical (unpaired) electrons. The van der Waals surface area contributed by atoms with Crippen LogP contribution in [0, 0.1) is 6.92 Å². The molecule has 0 N–H and O–H groups in total. The van der Waals surface area contributed by atoms with Gasteiger partial charge in [-0.25, -0.2) is 9.97 Å². The minimum atomic E-state index is -0.0642. The van der Waals surface area contributed by atoms with Crippen molar-refractivity contribution in [3.8, 4) is 5.75 Å². The van der Waals surface area contributed by atoms with Crippen molar-refractivity contribution in [2.45, 2.75) is 6.92 Å². The summed E-state index contributed by atoms with van der Waals surface area (Å²) in [5.74, 6) is 0.651. The van der Waals surface area contributed by atoms with Crippen molar-refractivity contribution < 1.29 is 9.53 Å². The Hall–Kier alpha value is -4.19. The van der Waals surface area contributed by atoms with Crippen molar-refractivity contribution in [1.82, 2.24) is 18.8 Å². The van der Waals surface area contributed by atoms with Crippen LogP contribution in [-0.2, 0) is 0 Å². The average Bonchev–Trinajstić information content (AvgIpc) is 3.36. The molecule has 6 aromatic rings. The second-order valence-corrected chi connectivity index (χ2v) is 7.67. The molecule has 4 heterocycles. The van der Waals surface area contributed by atoms with Gasteiger partial charge < -0.3 is 9.14 Å². The van der Waals surface area contributed by atoms with Crippen LogP contribution < -0.4 is 4.74 Å². The lowest BCUT2D eigenvalue weighted by Gasteiger charge is -2.06. The number of ketones is 1. The fourth-order valence-corrected chi connectivity index (χ4v) is 4.25. The summed E-state index contributed by atoms with van der Waals surface area (Å²) in [6.45, 7) is 1.99. The van der Waals surface area contributed by atoms with Crippen LogP contribution in [0.5, 0.6) is 5.75 Å². The molecule has 0 atom stereocenters. The number of benzene rings is 2. The molecule has 0 saturated heterocycles. The van der Waals surface area contributed by atoms with Crippen LogP contribution in [0.25, 0.3) is 33.1 Å². The maximum absolute atomic E-state index is 13.4. The van der Waals surface area contributed by atoms with Gasteiger partial charge in [0.25, 0.3) is 0 Å². The van der Waals surface area contributed by atoms with Crippen LogP contribution in [-0.4, -0.2) is 31.7 Å². The van der Waals surface area contributed by atoms with Crippen molar-refractivity contribution in [3.05, 3.63) is 90.0 Å². The van der Waals surface area contributed by atoms with Crippen molar-refractivity contribution >= 4 is 38.9 Å². The third kappa shape index (κ3) is 2.55. The Labute approximate surface area is 177 Å². The number of carbonyl (C=O) groups excluding carboxylic acids is 1.